The number of ether oxygens (including phenoxy) is 2. The number of likely N-dealkylation sites (tertiary alicyclic amines) is 1. The van der Waals surface area contributed by atoms with E-state index in [1.165, 1.54) is 18.3 Å². The van der Waals surface area contributed by atoms with E-state index >= 15 is 4.79 Å². The van der Waals surface area contributed by atoms with Crippen molar-refractivity contribution >= 4 is 69.7 Å². The highest BCUT2D eigenvalue weighted by molar-refractivity contribution is 8.01. The summed E-state index contributed by atoms with van der Waals surface area (Å²) in [6, 6.07) is 65.7. The Bertz CT molecular complexity index is 2990. The Morgan fingerprint density at radius 1 is 0.696 bits per heavy atom. The number of amides is 1. The molecule has 1 aliphatic rings. The first-order valence-electron chi connectivity index (χ1n) is 22.2. The molecule has 4 unspecified atom stereocenters. The number of thioether (sulfide) groups is 1. The summed E-state index contributed by atoms with van der Waals surface area (Å²) < 4.78 is 10.8. The Kier molecular flexibility index (Phi) is 13.9. The van der Waals surface area contributed by atoms with Gasteiger partial charge >= 0.3 is 18.2 Å². The van der Waals surface area contributed by atoms with Crippen molar-refractivity contribution in [2.75, 3.05) is 0 Å². The van der Waals surface area contributed by atoms with E-state index in [0.29, 0.717) is 5.69 Å². The van der Waals surface area contributed by atoms with Crippen LogP contribution in [0.3, 0.4) is 0 Å². The fraction of sp³-hybridized carbons (Fsp3) is 0.125. The Morgan fingerprint density at radius 2 is 1.14 bits per heavy atom. The third-order valence-electron chi connectivity index (χ3n) is 12.1. The average Bonchev–Trinajstić information content (AvgIpc) is 3.84. The molecule has 13 heteroatoms. The van der Waals surface area contributed by atoms with E-state index in [0.717, 1.165) is 37.6 Å². The van der Waals surface area contributed by atoms with Crippen LogP contribution in [0.2, 0.25) is 0 Å². The number of thiazole rings is 1. The van der Waals surface area contributed by atoms with Gasteiger partial charge in [0.1, 0.15) is 5.92 Å². The fourth-order valence-corrected chi connectivity index (χ4v) is 15.4. The van der Waals surface area contributed by atoms with Crippen molar-refractivity contribution in [2.45, 2.75) is 36.3 Å². The smallest absolute Gasteiger partial charge is 0.383 e. The van der Waals surface area contributed by atoms with Gasteiger partial charge in [0.15, 0.2) is 6.10 Å². The number of aromatic nitrogens is 1. The Morgan fingerprint density at radius 3 is 1.58 bits per heavy atom. The van der Waals surface area contributed by atoms with E-state index in [4.69, 9.17) is 14.5 Å². The molecule has 1 amide bonds. The first-order chi connectivity index (χ1) is 33.6. The van der Waals surface area contributed by atoms with Crippen molar-refractivity contribution in [3.63, 3.8) is 0 Å². The maximum Gasteiger partial charge on any atom is 0.383 e. The normalized spacial score (nSPS) is 15.6. The third kappa shape index (κ3) is 9.31. The first-order valence-corrected chi connectivity index (χ1v) is 25.8. The number of benzene rings is 7. The minimum atomic E-state index is -3.04. The largest absolute Gasteiger partial charge is 0.455 e. The fourth-order valence-electron chi connectivity index (χ4n) is 8.97. The predicted octanol–water partition coefficient (Wildman–Crippen LogP) is 10.5. The van der Waals surface area contributed by atoms with Crippen LogP contribution in [0.4, 0.5) is 0 Å². The van der Waals surface area contributed by atoms with Crippen molar-refractivity contribution in [3.8, 4) is 0 Å². The lowest BCUT2D eigenvalue weighted by Gasteiger charge is -2.52. The lowest BCUT2D eigenvalue weighted by atomic mass is 9.84. The molecular formula is C56H46N3O7PS2. The molecule has 0 spiro atoms. The van der Waals surface area contributed by atoms with E-state index in [1.807, 2.05) is 145 Å². The van der Waals surface area contributed by atoms with Crippen molar-refractivity contribution < 1.29 is 28.8 Å². The van der Waals surface area contributed by atoms with Gasteiger partial charge in [-0.3, -0.25) is 19.7 Å². The molecule has 10 nitrogen and oxygen atoms in total. The maximum atomic E-state index is 15.6. The monoisotopic (exact) mass is 967 g/mol. The minimum Gasteiger partial charge on any atom is -0.455 e. The van der Waals surface area contributed by atoms with Gasteiger partial charge < -0.3 is 14.4 Å². The molecule has 344 valence electrons. The molecule has 4 atom stereocenters. The van der Waals surface area contributed by atoms with Gasteiger partial charge in [0.25, 0.3) is 0 Å². The number of aryl methyl sites for hydroxylation is 1. The summed E-state index contributed by atoms with van der Waals surface area (Å²) in [7, 11) is 0. The molecule has 1 saturated heterocycles. The number of β-lactam (4-membered cyclic amide) rings is 1. The molecule has 1 aromatic heterocycles. The number of carbonyl (C=O) groups excluding carboxylic acids is 3. The van der Waals surface area contributed by atoms with Crippen LogP contribution in [0.1, 0.15) is 62.6 Å². The van der Waals surface area contributed by atoms with Crippen LogP contribution in [0.5, 0.6) is 0 Å². The topological polar surface area (TPSA) is 129 Å². The summed E-state index contributed by atoms with van der Waals surface area (Å²) >= 11 is 3.04. The lowest BCUT2D eigenvalue weighted by Crippen LogP contribution is -2.62. The first kappa shape index (κ1) is 46.7. The molecule has 7 aromatic carbocycles. The van der Waals surface area contributed by atoms with Crippen LogP contribution < -0.4 is 15.9 Å². The Labute approximate surface area is 408 Å². The number of rotatable bonds is 16. The highest BCUT2D eigenvalue weighted by Crippen LogP contribution is 2.57. The highest BCUT2D eigenvalue weighted by Gasteiger charge is 2.57. The van der Waals surface area contributed by atoms with E-state index in [2.05, 4.69) is 42.3 Å². The van der Waals surface area contributed by atoms with Crippen molar-refractivity contribution in [1.82, 2.24) is 9.88 Å². The molecule has 69 heavy (non-hydrogen) atoms. The molecule has 2 heterocycles. The zero-order chi connectivity index (χ0) is 48.0. The van der Waals surface area contributed by atoms with Gasteiger partial charge in [-0.05, 0) is 70.7 Å². The highest BCUT2D eigenvalue weighted by atomic mass is 32.2. The summed E-state index contributed by atoms with van der Waals surface area (Å²) in [5.74, 6) is -0.452. The molecule has 9 rings (SSSR count). The second kappa shape index (κ2) is 20.5. The molecule has 8 aromatic rings. The van der Waals surface area contributed by atoms with E-state index in [1.54, 1.807) is 54.2 Å². The number of hydrogen-bond acceptors (Lipinski definition) is 10. The van der Waals surface area contributed by atoms with Crippen LogP contribution in [-0.4, -0.2) is 43.9 Å². The molecule has 1 aliphatic heterocycles. The van der Waals surface area contributed by atoms with Crippen LogP contribution >= 0.6 is 30.0 Å². The minimum absolute atomic E-state index is 0.121. The van der Waals surface area contributed by atoms with Gasteiger partial charge in [-0.1, -0.05) is 182 Å². The van der Waals surface area contributed by atoms with E-state index < -0.39 is 52.1 Å². The SMILES string of the molecule is CC(=O)OC(c1csc(C)n1)C1C(=O)N(C=P(c2ccccc2)(c2ccccc2)c2ccc(C(=O)OC(c3ccccc3)[N+](=O)[O-])cc2)C1SC(c1ccccc1)(c1ccccc1)c1ccccc1. The Hall–Kier alpha value is -7.37. The van der Waals surface area contributed by atoms with Gasteiger partial charge in [-0.15, -0.1) is 23.1 Å². The van der Waals surface area contributed by atoms with Crippen LogP contribution in [0, 0.1) is 23.0 Å². The summed E-state index contributed by atoms with van der Waals surface area (Å²) in [5, 5.41) is 16.8. The summed E-state index contributed by atoms with van der Waals surface area (Å²) in [6.45, 7) is 0.194. The lowest BCUT2D eigenvalue weighted by molar-refractivity contribution is -0.574. The average molecular weight is 968 g/mol. The molecule has 1 fully saturated rings. The number of hydrogen-bond donors (Lipinski definition) is 0. The predicted molar refractivity (Wildman–Crippen MR) is 275 cm³/mol. The number of nitrogens with zero attached hydrogens (tertiary/aromatic N) is 3. The zero-order valence-electron chi connectivity index (χ0n) is 37.6. The second-order valence-electron chi connectivity index (χ2n) is 16.4. The molecule has 0 aliphatic carbocycles. The Balaban J connectivity index is 1.27. The van der Waals surface area contributed by atoms with Gasteiger partial charge in [0, 0.05) is 18.2 Å². The van der Waals surface area contributed by atoms with Crippen LogP contribution in [-0.2, 0) is 23.8 Å². The van der Waals surface area contributed by atoms with Gasteiger partial charge in [0.2, 0.25) is 5.91 Å². The molecule has 0 N–H and O–H groups in total. The second-order valence-corrected chi connectivity index (χ2v) is 22.0. The molecule has 0 bridgehead atoms. The molecule has 0 saturated carbocycles. The summed E-state index contributed by atoms with van der Waals surface area (Å²) in [6.07, 6.45) is -2.71. The van der Waals surface area contributed by atoms with Crippen LogP contribution in [0.15, 0.2) is 212 Å². The van der Waals surface area contributed by atoms with Crippen LogP contribution in [0.25, 0.3) is 0 Å². The number of nitro groups is 1. The molecular weight excluding hydrogens is 922 g/mol. The van der Waals surface area contributed by atoms with Gasteiger partial charge in [-0.25, -0.2) is 9.78 Å². The zero-order valence-corrected chi connectivity index (χ0v) is 40.1. The third-order valence-corrected chi connectivity index (χ3v) is 18.7. The van der Waals surface area contributed by atoms with Crippen molar-refractivity contribution in [1.29, 1.82) is 0 Å². The number of esters is 2. The van der Waals surface area contributed by atoms with E-state index in [9.17, 15) is 19.7 Å². The maximum absolute atomic E-state index is 15.6. The van der Waals surface area contributed by atoms with Crippen molar-refractivity contribution in [3.05, 3.63) is 260 Å². The van der Waals surface area contributed by atoms with Crippen molar-refractivity contribution in [2.24, 2.45) is 5.92 Å². The summed E-state index contributed by atoms with van der Waals surface area (Å²) in [5.41, 5.74) is 3.82. The number of carbonyl (C=O) groups is 3. The van der Waals surface area contributed by atoms with Gasteiger partial charge in [-0.2, -0.15) is 0 Å². The molecule has 0 radical (unpaired) electrons. The van der Waals surface area contributed by atoms with E-state index in [-0.39, 0.29) is 17.0 Å². The summed E-state index contributed by atoms with van der Waals surface area (Å²) in [4.78, 5) is 60.6. The van der Waals surface area contributed by atoms with Gasteiger partial charge in [0.05, 0.1) is 36.9 Å². The quantitative estimate of drug-likeness (QED) is 0.0177. The standard InChI is InChI=1S/C56H46N3O7PS2/c1-39-57-49(37-68-39)51(65-40(2)60)50-52(61)58(54(50)69-56(43-23-11-4-12-24-43,44-25-13-5-14-26-44)45-27-15-6-16-28-45)38-67(46-29-17-7-18-30-46,47-31-19-8-20-32-47)48-35-33-42(34-36-48)55(62)66-53(59(63)64)41-21-9-3-10-22-41/h3-38,50-51,53-54H,1-2H3.